The monoisotopic (exact) mass is 342 g/mol. The third kappa shape index (κ3) is 3.92. The fourth-order valence-electron chi connectivity index (χ4n) is 1.99. The molecule has 1 aromatic carbocycles. The summed E-state index contributed by atoms with van der Waals surface area (Å²) in [5, 5.41) is 4.27. The van der Waals surface area contributed by atoms with Gasteiger partial charge in [-0.05, 0) is 50.0 Å². The Balaban J connectivity index is 2.05. The molecule has 2 rings (SSSR count). The number of thiophene rings is 1. The van der Waals surface area contributed by atoms with Crippen LogP contribution in [0.3, 0.4) is 0 Å². The number of aryl methyl sites for hydroxylation is 1. The van der Waals surface area contributed by atoms with Crippen LogP contribution in [-0.2, 0) is 11.3 Å². The van der Waals surface area contributed by atoms with Crippen LogP contribution in [-0.4, -0.2) is 23.9 Å². The Labute approximate surface area is 136 Å². The molecule has 1 heterocycles. The highest BCUT2D eigenvalue weighted by Gasteiger charge is 2.22. The lowest BCUT2D eigenvalue weighted by atomic mass is 10.2. The zero-order valence-electron chi connectivity index (χ0n) is 13.0. The number of rotatable bonds is 5. The first kappa shape index (κ1) is 17.5. The predicted octanol–water partition coefficient (Wildman–Crippen LogP) is 3.93. The van der Waals surface area contributed by atoms with Crippen LogP contribution in [0.25, 0.3) is 0 Å². The number of halogens is 3. The maximum absolute atomic E-state index is 13.6. The van der Waals surface area contributed by atoms with E-state index in [1.54, 1.807) is 30.2 Å². The van der Waals surface area contributed by atoms with E-state index in [2.05, 4.69) is 5.32 Å². The Morgan fingerprint density at radius 2 is 1.96 bits per heavy atom. The Morgan fingerprint density at radius 3 is 2.57 bits per heavy atom. The minimum Gasteiger partial charge on any atom is -0.322 e. The Hall–Kier alpha value is -1.86. The normalized spacial score (nSPS) is 12.5. The van der Waals surface area contributed by atoms with Gasteiger partial charge in [0.25, 0.3) is 0 Å². The van der Waals surface area contributed by atoms with Gasteiger partial charge in [-0.25, -0.2) is 13.2 Å². The van der Waals surface area contributed by atoms with Gasteiger partial charge in [0.15, 0.2) is 17.5 Å². The van der Waals surface area contributed by atoms with Gasteiger partial charge < -0.3 is 5.32 Å². The Bertz CT molecular complexity index is 717. The van der Waals surface area contributed by atoms with Gasteiger partial charge in [-0.3, -0.25) is 9.69 Å². The summed E-state index contributed by atoms with van der Waals surface area (Å²) in [5.41, 5.74) is 0.766. The van der Waals surface area contributed by atoms with Crippen molar-refractivity contribution in [1.29, 1.82) is 0 Å². The van der Waals surface area contributed by atoms with Crippen molar-refractivity contribution in [3.63, 3.8) is 0 Å². The molecule has 7 heteroatoms. The molecule has 0 saturated carbocycles. The van der Waals surface area contributed by atoms with Crippen LogP contribution in [0.1, 0.15) is 17.4 Å². The third-order valence-corrected chi connectivity index (χ3v) is 4.70. The second-order valence-corrected chi connectivity index (χ2v) is 6.33. The summed E-state index contributed by atoms with van der Waals surface area (Å²) in [6.07, 6.45) is 0. The van der Waals surface area contributed by atoms with Crippen molar-refractivity contribution in [1.82, 2.24) is 4.90 Å². The lowest BCUT2D eigenvalue weighted by Crippen LogP contribution is -2.39. The van der Waals surface area contributed by atoms with Gasteiger partial charge in [0.05, 0.1) is 11.7 Å². The lowest BCUT2D eigenvalue weighted by molar-refractivity contribution is -0.120. The number of carbonyl (C=O) groups excluding carboxylic acids is 1. The molecule has 0 unspecified atom stereocenters. The number of hydrogen-bond donors (Lipinski definition) is 1. The summed E-state index contributed by atoms with van der Waals surface area (Å²) in [5.74, 6) is -4.79. The fourth-order valence-corrected chi connectivity index (χ4v) is 2.96. The van der Waals surface area contributed by atoms with Crippen LogP contribution in [0.15, 0.2) is 23.6 Å². The topological polar surface area (TPSA) is 32.3 Å². The van der Waals surface area contributed by atoms with Crippen LogP contribution in [0, 0.1) is 24.4 Å². The molecule has 0 aliphatic carbocycles. The molecule has 1 N–H and O–H groups in total. The highest BCUT2D eigenvalue weighted by Crippen LogP contribution is 2.21. The Kier molecular flexibility index (Phi) is 5.43. The molecule has 0 bridgehead atoms. The number of carbonyl (C=O) groups is 1. The third-order valence-electron chi connectivity index (χ3n) is 3.69. The minimum absolute atomic E-state index is 0.374. The SMILES string of the molecule is Cc1ccsc1CN(C)[C@@H](C)C(=O)Nc1ccc(F)c(F)c1F. The zero-order valence-corrected chi connectivity index (χ0v) is 13.8. The van der Waals surface area contributed by atoms with Crippen molar-refractivity contribution in [2.75, 3.05) is 12.4 Å². The molecule has 0 aliphatic heterocycles. The standard InChI is InChI=1S/C16H17F3N2OS/c1-9-6-7-23-13(9)8-21(3)10(2)16(22)20-12-5-4-11(17)14(18)15(12)19/h4-7,10H,8H2,1-3H3,(H,20,22)/t10-/m0/s1. The maximum Gasteiger partial charge on any atom is 0.241 e. The largest absolute Gasteiger partial charge is 0.322 e. The molecule has 1 atom stereocenters. The first-order chi connectivity index (χ1) is 10.8. The molecule has 0 aliphatic rings. The predicted molar refractivity (Wildman–Crippen MR) is 84.9 cm³/mol. The zero-order chi connectivity index (χ0) is 17.1. The summed E-state index contributed by atoms with van der Waals surface area (Å²) in [6.45, 7) is 4.22. The molecule has 0 fully saturated rings. The lowest BCUT2D eigenvalue weighted by Gasteiger charge is -2.23. The van der Waals surface area contributed by atoms with Gasteiger partial charge >= 0.3 is 0 Å². The van der Waals surface area contributed by atoms with Crippen molar-refractivity contribution < 1.29 is 18.0 Å². The van der Waals surface area contributed by atoms with Gasteiger partial charge in [-0.1, -0.05) is 0 Å². The second kappa shape index (κ2) is 7.14. The number of anilines is 1. The number of nitrogens with one attached hydrogen (secondary N) is 1. The molecule has 124 valence electrons. The van der Waals surface area contributed by atoms with E-state index in [1.165, 1.54) is 0 Å². The minimum atomic E-state index is -1.60. The smallest absolute Gasteiger partial charge is 0.241 e. The fraction of sp³-hybridized carbons (Fsp3) is 0.312. The van der Waals surface area contributed by atoms with Crippen LogP contribution < -0.4 is 5.32 Å². The van der Waals surface area contributed by atoms with Crippen molar-refractivity contribution in [2.45, 2.75) is 26.4 Å². The summed E-state index contributed by atoms with van der Waals surface area (Å²) in [7, 11) is 1.77. The molecular formula is C16H17F3N2OS. The number of likely N-dealkylation sites (N-methyl/N-ethyl adjacent to an activating group) is 1. The highest BCUT2D eigenvalue weighted by molar-refractivity contribution is 7.10. The molecule has 3 nitrogen and oxygen atoms in total. The molecule has 23 heavy (non-hydrogen) atoms. The van der Waals surface area contributed by atoms with Crippen LogP contribution in [0.4, 0.5) is 18.9 Å². The van der Waals surface area contributed by atoms with Crippen LogP contribution >= 0.6 is 11.3 Å². The number of nitrogens with zero attached hydrogens (tertiary/aromatic N) is 1. The average molecular weight is 342 g/mol. The maximum atomic E-state index is 13.6. The van der Waals surface area contributed by atoms with E-state index >= 15 is 0 Å². The van der Waals surface area contributed by atoms with E-state index in [9.17, 15) is 18.0 Å². The van der Waals surface area contributed by atoms with E-state index in [-0.39, 0.29) is 5.69 Å². The van der Waals surface area contributed by atoms with E-state index in [1.807, 2.05) is 18.4 Å². The van der Waals surface area contributed by atoms with E-state index in [0.29, 0.717) is 6.54 Å². The van der Waals surface area contributed by atoms with Crippen molar-refractivity contribution >= 4 is 22.9 Å². The van der Waals surface area contributed by atoms with E-state index in [0.717, 1.165) is 22.6 Å². The van der Waals surface area contributed by atoms with Gasteiger partial charge in [0, 0.05) is 11.4 Å². The summed E-state index contributed by atoms with van der Waals surface area (Å²) < 4.78 is 39.7. The van der Waals surface area contributed by atoms with Crippen molar-refractivity contribution in [2.24, 2.45) is 0 Å². The van der Waals surface area contributed by atoms with Crippen LogP contribution in [0.5, 0.6) is 0 Å². The summed E-state index contributed by atoms with van der Waals surface area (Å²) in [4.78, 5) is 15.1. The molecular weight excluding hydrogens is 325 g/mol. The van der Waals surface area contributed by atoms with Crippen molar-refractivity contribution in [3.05, 3.63) is 51.5 Å². The van der Waals surface area contributed by atoms with Gasteiger partial charge in [0.2, 0.25) is 5.91 Å². The molecule has 2 aromatic rings. The summed E-state index contributed by atoms with van der Waals surface area (Å²) >= 11 is 1.59. The highest BCUT2D eigenvalue weighted by atomic mass is 32.1. The number of hydrogen-bond acceptors (Lipinski definition) is 3. The Morgan fingerprint density at radius 1 is 1.26 bits per heavy atom. The van der Waals surface area contributed by atoms with Gasteiger partial charge in [0.1, 0.15) is 0 Å². The molecule has 0 spiro atoms. The molecule has 0 radical (unpaired) electrons. The molecule has 1 amide bonds. The van der Waals surface area contributed by atoms with E-state index in [4.69, 9.17) is 0 Å². The van der Waals surface area contributed by atoms with Crippen LogP contribution in [0.2, 0.25) is 0 Å². The number of amides is 1. The molecule has 1 aromatic heterocycles. The first-order valence-corrected chi connectivity index (χ1v) is 7.86. The van der Waals surface area contributed by atoms with Gasteiger partial charge in [-0.2, -0.15) is 0 Å². The summed E-state index contributed by atoms with van der Waals surface area (Å²) in [6, 6.07) is 3.21. The molecule has 0 saturated heterocycles. The average Bonchev–Trinajstić information content (AvgIpc) is 2.92. The van der Waals surface area contributed by atoms with Crippen molar-refractivity contribution in [3.8, 4) is 0 Å². The quantitative estimate of drug-likeness (QED) is 0.835. The van der Waals surface area contributed by atoms with E-state index < -0.39 is 29.4 Å². The first-order valence-electron chi connectivity index (χ1n) is 6.98. The number of benzene rings is 1. The second-order valence-electron chi connectivity index (χ2n) is 5.33. The van der Waals surface area contributed by atoms with Gasteiger partial charge in [-0.15, -0.1) is 11.3 Å².